The third-order valence-corrected chi connectivity index (χ3v) is 4.03. The van der Waals surface area contributed by atoms with Gasteiger partial charge in [-0.25, -0.2) is 4.98 Å². The van der Waals surface area contributed by atoms with Gasteiger partial charge in [-0.15, -0.1) is 0 Å². The molecule has 7 heteroatoms. The average molecular weight is 407 g/mol. The van der Waals surface area contributed by atoms with Crippen LogP contribution in [0.5, 0.6) is 5.75 Å². The van der Waals surface area contributed by atoms with Crippen LogP contribution in [-0.4, -0.2) is 22.1 Å². The first-order valence-corrected chi connectivity index (χ1v) is 8.25. The largest absolute Gasteiger partial charge is 0.484 e. The van der Waals surface area contributed by atoms with Gasteiger partial charge in [-0.2, -0.15) is 0 Å². The Hall–Kier alpha value is -2.31. The molecule has 0 saturated heterocycles. The monoisotopic (exact) mass is 405 g/mol. The smallest absolute Gasteiger partial charge is 0.262 e. The Morgan fingerprint density at radius 3 is 2.71 bits per heavy atom. The SMILES string of the molecule is O=C(COc1ccc(Br)cc1)Nc1ccc(-n2ccnc2)c(Cl)c1. The molecule has 0 fully saturated rings. The van der Waals surface area contributed by atoms with Gasteiger partial charge in [-0.05, 0) is 42.5 Å². The summed E-state index contributed by atoms with van der Waals surface area (Å²) in [5, 5.41) is 3.27. The summed E-state index contributed by atoms with van der Waals surface area (Å²) < 4.78 is 8.18. The molecule has 0 saturated carbocycles. The highest BCUT2D eigenvalue weighted by molar-refractivity contribution is 9.10. The van der Waals surface area contributed by atoms with Crippen molar-refractivity contribution in [3.8, 4) is 11.4 Å². The Balaban J connectivity index is 1.60. The molecule has 0 unspecified atom stereocenters. The molecule has 1 N–H and O–H groups in total. The van der Waals surface area contributed by atoms with E-state index >= 15 is 0 Å². The van der Waals surface area contributed by atoms with E-state index in [9.17, 15) is 4.79 Å². The molecule has 0 spiro atoms. The van der Waals surface area contributed by atoms with Gasteiger partial charge in [0.25, 0.3) is 5.91 Å². The second kappa shape index (κ2) is 7.51. The summed E-state index contributed by atoms with van der Waals surface area (Å²) in [4.78, 5) is 16.0. The van der Waals surface area contributed by atoms with Gasteiger partial charge in [0.2, 0.25) is 0 Å². The fourth-order valence-corrected chi connectivity index (χ4v) is 2.61. The number of carbonyl (C=O) groups excluding carboxylic acids is 1. The summed E-state index contributed by atoms with van der Waals surface area (Å²) in [7, 11) is 0. The fourth-order valence-electron chi connectivity index (χ4n) is 2.07. The predicted octanol–water partition coefficient (Wildman–Crippen LogP) is 4.31. The van der Waals surface area contributed by atoms with Crippen LogP contribution < -0.4 is 10.1 Å². The Labute approximate surface area is 152 Å². The molecule has 1 aromatic heterocycles. The van der Waals surface area contributed by atoms with Crippen molar-refractivity contribution in [1.29, 1.82) is 0 Å². The molecular weight excluding hydrogens is 394 g/mol. The Morgan fingerprint density at radius 1 is 1.25 bits per heavy atom. The van der Waals surface area contributed by atoms with Crippen LogP contribution in [0, 0.1) is 0 Å². The summed E-state index contributed by atoms with van der Waals surface area (Å²) in [5.74, 6) is 0.367. The van der Waals surface area contributed by atoms with E-state index in [-0.39, 0.29) is 12.5 Å². The number of rotatable bonds is 5. The number of ether oxygens (including phenoxy) is 1. The van der Waals surface area contributed by atoms with E-state index in [1.165, 1.54) is 0 Å². The van der Waals surface area contributed by atoms with Gasteiger partial charge in [-0.1, -0.05) is 27.5 Å². The summed E-state index contributed by atoms with van der Waals surface area (Å²) in [6, 6.07) is 12.5. The normalized spacial score (nSPS) is 10.4. The number of hydrogen-bond acceptors (Lipinski definition) is 3. The molecule has 0 aliphatic carbocycles. The number of benzene rings is 2. The number of hydrogen-bond donors (Lipinski definition) is 1. The second-order valence-electron chi connectivity index (χ2n) is 4.93. The van der Waals surface area contributed by atoms with Crippen LogP contribution in [0.1, 0.15) is 0 Å². The minimum atomic E-state index is -0.260. The fraction of sp³-hybridized carbons (Fsp3) is 0.0588. The first-order valence-electron chi connectivity index (χ1n) is 7.08. The average Bonchev–Trinajstić information content (AvgIpc) is 3.09. The number of nitrogens with zero attached hydrogens (tertiary/aromatic N) is 2. The number of aromatic nitrogens is 2. The molecule has 122 valence electrons. The van der Waals surface area contributed by atoms with Crippen LogP contribution >= 0.6 is 27.5 Å². The molecular formula is C17H13BrClN3O2. The zero-order valence-corrected chi connectivity index (χ0v) is 14.8. The van der Waals surface area contributed by atoms with Crippen molar-refractivity contribution in [2.24, 2.45) is 0 Å². The third kappa shape index (κ3) is 4.15. The van der Waals surface area contributed by atoms with E-state index in [1.54, 1.807) is 47.6 Å². The standard InChI is InChI=1S/C17H13BrClN3O2/c18-12-1-4-14(5-2-12)24-10-17(23)21-13-3-6-16(15(19)9-13)22-8-7-20-11-22/h1-9,11H,10H2,(H,21,23). The van der Waals surface area contributed by atoms with Crippen LogP contribution in [0.4, 0.5) is 5.69 Å². The summed E-state index contributed by atoms with van der Waals surface area (Å²) in [6.45, 7) is -0.0808. The highest BCUT2D eigenvalue weighted by atomic mass is 79.9. The molecule has 2 aromatic carbocycles. The molecule has 1 amide bonds. The van der Waals surface area contributed by atoms with Gasteiger partial charge in [0.05, 0.1) is 17.0 Å². The summed E-state index contributed by atoms with van der Waals surface area (Å²) in [5.41, 5.74) is 1.39. The minimum absolute atomic E-state index is 0.0808. The van der Waals surface area contributed by atoms with Crippen molar-refractivity contribution in [2.45, 2.75) is 0 Å². The van der Waals surface area contributed by atoms with Crippen LogP contribution in [0.2, 0.25) is 5.02 Å². The van der Waals surface area contributed by atoms with Crippen molar-refractivity contribution >= 4 is 39.1 Å². The minimum Gasteiger partial charge on any atom is -0.484 e. The van der Waals surface area contributed by atoms with Crippen LogP contribution in [-0.2, 0) is 4.79 Å². The maximum atomic E-state index is 12.0. The van der Waals surface area contributed by atoms with Gasteiger partial charge in [0, 0.05) is 22.6 Å². The lowest BCUT2D eigenvalue weighted by Crippen LogP contribution is -2.20. The second-order valence-corrected chi connectivity index (χ2v) is 6.25. The number of imidazole rings is 1. The molecule has 0 atom stereocenters. The number of carbonyl (C=O) groups is 1. The summed E-state index contributed by atoms with van der Waals surface area (Å²) in [6.07, 6.45) is 5.13. The highest BCUT2D eigenvalue weighted by Gasteiger charge is 2.07. The molecule has 5 nitrogen and oxygen atoms in total. The number of anilines is 1. The molecule has 0 radical (unpaired) electrons. The van der Waals surface area contributed by atoms with Gasteiger partial charge < -0.3 is 14.6 Å². The van der Waals surface area contributed by atoms with Crippen LogP contribution in [0.25, 0.3) is 5.69 Å². The highest BCUT2D eigenvalue weighted by Crippen LogP contribution is 2.24. The van der Waals surface area contributed by atoms with Crippen LogP contribution in [0.15, 0.2) is 65.7 Å². The molecule has 1 heterocycles. The third-order valence-electron chi connectivity index (χ3n) is 3.20. The number of amides is 1. The van der Waals surface area contributed by atoms with E-state index in [1.807, 2.05) is 18.2 Å². The Morgan fingerprint density at radius 2 is 2.04 bits per heavy atom. The number of halogens is 2. The van der Waals surface area contributed by atoms with Crippen molar-refractivity contribution < 1.29 is 9.53 Å². The molecule has 3 aromatic rings. The molecule has 24 heavy (non-hydrogen) atoms. The molecule has 3 rings (SSSR count). The quantitative estimate of drug-likeness (QED) is 0.687. The zero-order valence-electron chi connectivity index (χ0n) is 12.4. The van der Waals surface area contributed by atoms with Crippen molar-refractivity contribution in [3.05, 3.63) is 70.7 Å². The van der Waals surface area contributed by atoms with Crippen molar-refractivity contribution in [1.82, 2.24) is 9.55 Å². The van der Waals surface area contributed by atoms with Crippen LogP contribution in [0.3, 0.4) is 0 Å². The number of nitrogens with one attached hydrogen (secondary N) is 1. The van der Waals surface area contributed by atoms with E-state index in [4.69, 9.17) is 16.3 Å². The van der Waals surface area contributed by atoms with Gasteiger partial charge >= 0.3 is 0 Å². The molecule has 0 bridgehead atoms. The van der Waals surface area contributed by atoms with Crippen molar-refractivity contribution in [3.63, 3.8) is 0 Å². The first-order chi connectivity index (χ1) is 11.6. The molecule has 0 aliphatic rings. The van der Waals surface area contributed by atoms with E-state index in [2.05, 4.69) is 26.2 Å². The van der Waals surface area contributed by atoms with E-state index < -0.39 is 0 Å². The Bertz CT molecular complexity index is 836. The van der Waals surface area contributed by atoms with Gasteiger partial charge in [-0.3, -0.25) is 4.79 Å². The maximum Gasteiger partial charge on any atom is 0.262 e. The Kier molecular flexibility index (Phi) is 5.17. The zero-order chi connectivity index (χ0) is 16.9. The molecule has 0 aliphatic heterocycles. The van der Waals surface area contributed by atoms with E-state index in [0.717, 1.165) is 10.2 Å². The lowest BCUT2D eigenvalue weighted by Gasteiger charge is -2.10. The van der Waals surface area contributed by atoms with Crippen molar-refractivity contribution in [2.75, 3.05) is 11.9 Å². The van der Waals surface area contributed by atoms with Gasteiger partial charge in [0.1, 0.15) is 5.75 Å². The summed E-state index contributed by atoms with van der Waals surface area (Å²) >= 11 is 9.60. The predicted molar refractivity (Wildman–Crippen MR) is 96.8 cm³/mol. The topological polar surface area (TPSA) is 56.1 Å². The lowest BCUT2D eigenvalue weighted by molar-refractivity contribution is -0.118. The van der Waals surface area contributed by atoms with Gasteiger partial charge in [0.15, 0.2) is 6.61 Å². The van der Waals surface area contributed by atoms with E-state index in [0.29, 0.717) is 16.5 Å². The first kappa shape index (κ1) is 16.5. The maximum absolute atomic E-state index is 12.0. The lowest BCUT2D eigenvalue weighted by atomic mass is 10.2.